The molecule has 1 unspecified atom stereocenters. The van der Waals surface area contributed by atoms with Crippen molar-refractivity contribution in [3.63, 3.8) is 0 Å². The van der Waals surface area contributed by atoms with Gasteiger partial charge in [0, 0.05) is 24.7 Å². The SMILES string of the molecule is CCC1CN(C)CCCN1C(=O)NC(C)(C)CC(=O)O. The first-order chi connectivity index (χ1) is 9.25. The summed E-state index contributed by atoms with van der Waals surface area (Å²) in [6.45, 7) is 8.13. The van der Waals surface area contributed by atoms with Crippen LogP contribution in [0.15, 0.2) is 0 Å². The highest BCUT2D eigenvalue weighted by atomic mass is 16.4. The van der Waals surface area contributed by atoms with Gasteiger partial charge < -0.3 is 20.2 Å². The third-order valence-electron chi connectivity index (χ3n) is 3.67. The highest BCUT2D eigenvalue weighted by Gasteiger charge is 2.30. The quantitative estimate of drug-likeness (QED) is 0.818. The van der Waals surface area contributed by atoms with E-state index in [1.165, 1.54) is 0 Å². The number of hydrogen-bond donors (Lipinski definition) is 2. The lowest BCUT2D eigenvalue weighted by Gasteiger charge is -2.34. The molecule has 20 heavy (non-hydrogen) atoms. The summed E-state index contributed by atoms with van der Waals surface area (Å²) in [4.78, 5) is 27.3. The van der Waals surface area contributed by atoms with Crippen LogP contribution in [0.2, 0.25) is 0 Å². The number of likely N-dealkylation sites (N-methyl/N-ethyl adjacent to an activating group) is 1. The summed E-state index contributed by atoms with van der Waals surface area (Å²) < 4.78 is 0. The van der Waals surface area contributed by atoms with Gasteiger partial charge in [-0.2, -0.15) is 0 Å². The van der Waals surface area contributed by atoms with Crippen LogP contribution in [-0.4, -0.2) is 65.2 Å². The van der Waals surface area contributed by atoms with Gasteiger partial charge in [-0.05, 0) is 40.3 Å². The Labute approximate surface area is 121 Å². The molecule has 1 fully saturated rings. The van der Waals surface area contributed by atoms with Crippen LogP contribution in [-0.2, 0) is 4.79 Å². The van der Waals surface area contributed by atoms with Crippen LogP contribution in [0.4, 0.5) is 4.79 Å². The van der Waals surface area contributed by atoms with Gasteiger partial charge in [0.25, 0.3) is 0 Å². The van der Waals surface area contributed by atoms with Crippen LogP contribution >= 0.6 is 0 Å². The summed E-state index contributed by atoms with van der Waals surface area (Å²) in [6.07, 6.45) is 1.76. The van der Waals surface area contributed by atoms with Crippen molar-refractivity contribution in [2.24, 2.45) is 0 Å². The summed E-state index contributed by atoms with van der Waals surface area (Å²) in [5.41, 5.74) is -0.737. The number of carboxylic acid groups (broad SMARTS) is 1. The molecule has 0 aromatic carbocycles. The maximum atomic E-state index is 12.4. The van der Waals surface area contributed by atoms with E-state index in [4.69, 9.17) is 5.11 Å². The Morgan fingerprint density at radius 2 is 2.00 bits per heavy atom. The second-order valence-corrected chi connectivity index (χ2v) is 6.26. The molecule has 1 aliphatic rings. The first kappa shape index (κ1) is 16.8. The van der Waals surface area contributed by atoms with Gasteiger partial charge in [-0.25, -0.2) is 4.79 Å². The van der Waals surface area contributed by atoms with Gasteiger partial charge in [0.15, 0.2) is 0 Å². The van der Waals surface area contributed by atoms with Gasteiger partial charge in [0.05, 0.1) is 6.42 Å². The van der Waals surface area contributed by atoms with Crippen LogP contribution in [0.3, 0.4) is 0 Å². The van der Waals surface area contributed by atoms with Gasteiger partial charge in [-0.15, -0.1) is 0 Å². The molecule has 1 heterocycles. The molecular weight excluding hydrogens is 258 g/mol. The summed E-state index contributed by atoms with van der Waals surface area (Å²) in [5.74, 6) is -0.905. The van der Waals surface area contributed by atoms with Gasteiger partial charge in [0.1, 0.15) is 0 Å². The van der Waals surface area contributed by atoms with Crippen molar-refractivity contribution in [2.45, 2.75) is 51.6 Å². The van der Waals surface area contributed by atoms with Crippen LogP contribution in [0.5, 0.6) is 0 Å². The number of nitrogens with one attached hydrogen (secondary N) is 1. The molecule has 0 aliphatic carbocycles. The number of nitrogens with zero attached hydrogens (tertiary/aromatic N) is 2. The minimum atomic E-state index is -0.905. The highest BCUT2D eigenvalue weighted by molar-refractivity contribution is 5.77. The van der Waals surface area contributed by atoms with Crippen molar-refractivity contribution < 1.29 is 14.7 Å². The fraction of sp³-hybridized carbons (Fsp3) is 0.857. The van der Waals surface area contributed by atoms with E-state index in [2.05, 4.69) is 24.2 Å². The molecule has 0 spiro atoms. The average molecular weight is 285 g/mol. The van der Waals surface area contributed by atoms with Crippen molar-refractivity contribution >= 4 is 12.0 Å². The number of aliphatic carboxylic acids is 1. The molecule has 1 rings (SSSR count). The number of carboxylic acids is 1. The fourth-order valence-corrected chi connectivity index (χ4v) is 2.64. The number of amides is 2. The Morgan fingerprint density at radius 3 is 2.55 bits per heavy atom. The molecule has 1 saturated heterocycles. The maximum absolute atomic E-state index is 12.4. The molecule has 2 N–H and O–H groups in total. The molecular formula is C14H27N3O3. The third kappa shape index (κ3) is 5.00. The normalized spacial score (nSPS) is 21.4. The smallest absolute Gasteiger partial charge is 0.318 e. The second-order valence-electron chi connectivity index (χ2n) is 6.26. The summed E-state index contributed by atoms with van der Waals surface area (Å²) in [5, 5.41) is 11.7. The number of urea groups is 1. The van der Waals surface area contributed by atoms with Gasteiger partial charge >= 0.3 is 12.0 Å². The Hall–Kier alpha value is -1.30. The van der Waals surface area contributed by atoms with Crippen LogP contribution < -0.4 is 5.32 Å². The lowest BCUT2D eigenvalue weighted by Crippen LogP contribution is -2.54. The number of carbonyl (C=O) groups is 2. The molecule has 0 bridgehead atoms. The van der Waals surface area contributed by atoms with Crippen molar-refractivity contribution in [1.82, 2.24) is 15.1 Å². The number of carbonyl (C=O) groups excluding carboxylic acids is 1. The van der Waals surface area contributed by atoms with E-state index in [0.717, 1.165) is 32.5 Å². The highest BCUT2D eigenvalue weighted by Crippen LogP contribution is 2.15. The van der Waals surface area contributed by atoms with Gasteiger partial charge in [0.2, 0.25) is 0 Å². The van der Waals surface area contributed by atoms with Gasteiger partial charge in [-0.1, -0.05) is 6.92 Å². The average Bonchev–Trinajstić information content (AvgIpc) is 2.47. The van der Waals surface area contributed by atoms with Crippen LogP contribution in [0.1, 0.15) is 40.0 Å². The molecule has 6 heteroatoms. The van der Waals surface area contributed by atoms with Crippen molar-refractivity contribution in [2.75, 3.05) is 26.7 Å². The third-order valence-corrected chi connectivity index (χ3v) is 3.67. The molecule has 1 aliphatic heterocycles. The van der Waals surface area contributed by atoms with Crippen molar-refractivity contribution in [3.8, 4) is 0 Å². The molecule has 0 radical (unpaired) electrons. The molecule has 116 valence electrons. The van der Waals surface area contributed by atoms with Gasteiger partial charge in [-0.3, -0.25) is 4.79 Å². The minimum absolute atomic E-state index is 0.0801. The summed E-state index contributed by atoms with van der Waals surface area (Å²) in [6, 6.07) is 0.0292. The van der Waals surface area contributed by atoms with Crippen molar-refractivity contribution in [1.29, 1.82) is 0 Å². The molecule has 0 aromatic heterocycles. The zero-order valence-corrected chi connectivity index (χ0v) is 13.0. The first-order valence-electron chi connectivity index (χ1n) is 7.24. The molecule has 2 amide bonds. The largest absolute Gasteiger partial charge is 0.481 e. The topological polar surface area (TPSA) is 72.9 Å². The lowest BCUT2D eigenvalue weighted by atomic mass is 10.0. The zero-order valence-electron chi connectivity index (χ0n) is 13.0. The molecule has 0 saturated carbocycles. The Balaban J connectivity index is 2.70. The lowest BCUT2D eigenvalue weighted by molar-refractivity contribution is -0.138. The van der Waals surface area contributed by atoms with E-state index in [9.17, 15) is 9.59 Å². The zero-order chi connectivity index (χ0) is 15.3. The van der Waals surface area contributed by atoms with Crippen LogP contribution in [0.25, 0.3) is 0 Å². The number of hydrogen-bond acceptors (Lipinski definition) is 3. The van der Waals surface area contributed by atoms with E-state index < -0.39 is 11.5 Å². The van der Waals surface area contributed by atoms with E-state index in [1.807, 2.05) is 4.90 Å². The summed E-state index contributed by atoms with van der Waals surface area (Å²) in [7, 11) is 2.07. The monoisotopic (exact) mass is 285 g/mol. The second kappa shape index (κ2) is 6.92. The number of rotatable bonds is 4. The molecule has 0 aromatic rings. The van der Waals surface area contributed by atoms with Crippen molar-refractivity contribution in [3.05, 3.63) is 0 Å². The van der Waals surface area contributed by atoms with E-state index in [0.29, 0.717) is 0 Å². The standard InChI is InChI=1S/C14H27N3O3/c1-5-11-10-16(4)7-6-8-17(11)13(20)15-14(2,3)9-12(18)19/h11H,5-10H2,1-4H3,(H,15,20)(H,18,19). The summed E-state index contributed by atoms with van der Waals surface area (Å²) >= 11 is 0. The Kier molecular flexibility index (Phi) is 5.80. The van der Waals surface area contributed by atoms with E-state index in [1.54, 1.807) is 13.8 Å². The Morgan fingerprint density at radius 1 is 1.35 bits per heavy atom. The maximum Gasteiger partial charge on any atom is 0.318 e. The minimum Gasteiger partial charge on any atom is -0.481 e. The predicted octanol–water partition coefficient (Wildman–Crippen LogP) is 1.37. The van der Waals surface area contributed by atoms with E-state index >= 15 is 0 Å². The molecule has 6 nitrogen and oxygen atoms in total. The first-order valence-corrected chi connectivity index (χ1v) is 7.24. The fourth-order valence-electron chi connectivity index (χ4n) is 2.64. The molecule has 1 atom stereocenters. The van der Waals surface area contributed by atoms with Crippen LogP contribution in [0, 0.1) is 0 Å². The van der Waals surface area contributed by atoms with E-state index in [-0.39, 0.29) is 18.5 Å². The Bertz CT molecular complexity index is 358. The predicted molar refractivity (Wildman–Crippen MR) is 77.8 cm³/mol.